The van der Waals surface area contributed by atoms with Crippen LogP contribution >= 0.6 is 12.2 Å². The Morgan fingerprint density at radius 3 is 2.81 bits per heavy atom. The van der Waals surface area contributed by atoms with Gasteiger partial charge < -0.3 is 4.98 Å². The lowest BCUT2D eigenvalue weighted by atomic mass is 10.3. The van der Waals surface area contributed by atoms with Gasteiger partial charge in [-0.05, 0) is 30.8 Å². The molecule has 0 saturated heterocycles. The molecule has 16 heavy (non-hydrogen) atoms. The van der Waals surface area contributed by atoms with E-state index in [-0.39, 0.29) is 10.4 Å². The number of aromatic amines is 1. The highest BCUT2D eigenvalue weighted by Crippen LogP contribution is 2.21. The number of nitrogens with one attached hydrogen (secondary N) is 1. The van der Waals surface area contributed by atoms with Gasteiger partial charge in [-0.25, -0.2) is 4.98 Å². The van der Waals surface area contributed by atoms with Crippen LogP contribution in [0.15, 0.2) is 12.3 Å². The first-order valence-electron chi connectivity index (χ1n) is 4.49. The minimum Gasteiger partial charge on any atom is -0.329 e. The molecule has 0 aliphatic rings. The molecule has 0 radical (unpaired) electrons. The second-order valence-electron chi connectivity index (χ2n) is 3.52. The molecule has 0 atom stereocenters. The standard InChI is InChI=1S/C9H8F3N3S/c1-5-2-6-7(13-3-5)15(8(16)14-6)4-9(10,11)12/h2-3H,4H2,1H3,(H,14,16). The molecular formula is C9H8F3N3S. The molecule has 0 fully saturated rings. The SMILES string of the molecule is Cc1cnc2c(c1)[nH]c(=S)n2CC(F)(F)F. The maximum Gasteiger partial charge on any atom is 0.406 e. The molecule has 0 saturated carbocycles. The molecule has 0 spiro atoms. The van der Waals surface area contributed by atoms with E-state index in [2.05, 4.69) is 9.97 Å². The number of alkyl halides is 3. The quantitative estimate of drug-likeness (QED) is 0.786. The third-order valence-corrected chi connectivity index (χ3v) is 2.41. The smallest absolute Gasteiger partial charge is 0.329 e. The first-order valence-corrected chi connectivity index (χ1v) is 4.89. The average molecular weight is 247 g/mol. The Balaban J connectivity index is 2.61. The Morgan fingerprint density at radius 1 is 1.50 bits per heavy atom. The van der Waals surface area contributed by atoms with Gasteiger partial charge in [0.05, 0.1) is 5.52 Å². The Morgan fingerprint density at radius 2 is 2.19 bits per heavy atom. The van der Waals surface area contributed by atoms with Gasteiger partial charge in [-0.3, -0.25) is 4.57 Å². The van der Waals surface area contributed by atoms with E-state index in [1.165, 1.54) is 6.20 Å². The van der Waals surface area contributed by atoms with Gasteiger partial charge in [0.1, 0.15) is 6.54 Å². The number of hydrogen-bond acceptors (Lipinski definition) is 2. The van der Waals surface area contributed by atoms with Crippen LogP contribution in [0.3, 0.4) is 0 Å². The third kappa shape index (κ3) is 2.08. The number of fused-ring (bicyclic) bond motifs is 1. The van der Waals surface area contributed by atoms with Crippen molar-refractivity contribution in [3.63, 3.8) is 0 Å². The van der Waals surface area contributed by atoms with Crippen LogP contribution in [-0.4, -0.2) is 20.7 Å². The molecule has 2 aromatic heterocycles. The second-order valence-corrected chi connectivity index (χ2v) is 3.90. The largest absolute Gasteiger partial charge is 0.406 e. The van der Waals surface area contributed by atoms with Crippen LogP contribution in [0.25, 0.3) is 11.2 Å². The lowest BCUT2D eigenvalue weighted by molar-refractivity contribution is -0.140. The number of halogens is 3. The van der Waals surface area contributed by atoms with E-state index in [0.29, 0.717) is 5.52 Å². The predicted molar refractivity (Wildman–Crippen MR) is 55.7 cm³/mol. The number of nitrogens with zero attached hydrogens (tertiary/aromatic N) is 2. The lowest BCUT2D eigenvalue weighted by Crippen LogP contribution is -2.17. The van der Waals surface area contributed by atoms with Crippen molar-refractivity contribution in [2.75, 3.05) is 0 Å². The van der Waals surface area contributed by atoms with Gasteiger partial charge in [-0.1, -0.05) is 0 Å². The summed E-state index contributed by atoms with van der Waals surface area (Å²) in [6.45, 7) is 0.687. The van der Waals surface area contributed by atoms with Crippen LogP contribution in [0, 0.1) is 11.7 Å². The molecule has 1 N–H and O–H groups in total. The van der Waals surface area contributed by atoms with E-state index in [1.807, 2.05) is 6.92 Å². The van der Waals surface area contributed by atoms with Gasteiger partial charge in [-0.2, -0.15) is 13.2 Å². The zero-order valence-electron chi connectivity index (χ0n) is 8.30. The van der Waals surface area contributed by atoms with Crippen molar-refractivity contribution in [3.8, 4) is 0 Å². The fourth-order valence-corrected chi connectivity index (χ4v) is 1.73. The molecular weight excluding hydrogens is 239 g/mol. The van der Waals surface area contributed by atoms with E-state index < -0.39 is 12.7 Å². The summed E-state index contributed by atoms with van der Waals surface area (Å²) in [6, 6.07) is 1.71. The number of H-pyrrole nitrogens is 1. The highest BCUT2D eigenvalue weighted by molar-refractivity contribution is 7.71. The van der Waals surface area contributed by atoms with Crippen molar-refractivity contribution < 1.29 is 13.2 Å². The maximum atomic E-state index is 12.3. The molecule has 0 bridgehead atoms. The predicted octanol–water partition coefficient (Wildman–Crippen LogP) is 2.96. The Labute approximate surface area is 93.9 Å². The minimum atomic E-state index is -4.31. The second kappa shape index (κ2) is 3.58. The Kier molecular flexibility index (Phi) is 2.49. The van der Waals surface area contributed by atoms with Crippen LogP contribution < -0.4 is 0 Å². The fraction of sp³-hybridized carbons (Fsp3) is 0.333. The molecule has 0 aromatic carbocycles. The van der Waals surface area contributed by atoms with Crippen molar-refractivity contribution in [3.05, 3.63) is 22.6 Å². The average Bonchev–Trinajstić information content (AvgIpc) is 2.40. The molecule has 0 aliphatic carbocycles. The van der Waals surface area contributed by atoms with Gasteiger partial charge in [0.15, 0.2) is 10.4 Å². The van der Waals surface area contributed by atoms with E-state index in [4.69, 9.17) is 12.2 Å². The van der Waals surface area contributed by atoms with Crippen LogP contribution in [0.1, 0.15) is 5.56 Å². The van der Waals surface area contributed by atoms with Gasteiger partial charge in [0.25, 0.3) is 0 Å². The summed E-state index contributed by atoms with van der Waals surface area (Å²) in [7, 11) is 0. The zero-order valence-corrected chi connectivity index (χ0v) is 9.11. The number of hydrogen-bond donors (Lipinski definition) is 1. The summed E-state index contributed by atoms with van der Waals surface area (Å²) in [4.78, 5) is 6.66. The normalized spacial score (nSPS) is 12.2. The summed E-state index contributed by atoms with van der Waals surface area (Å²) in [5.41, 5.74) is 1.62. The maximum absolute atomic E-state index is 12.3. The van der Waals surface area contributed by atoms with Crippen LogP contribution in [0.4, 0.5) is 13.2 Å². The lowest BCUT2D eigenvalue weighted by Gasteiger charge is -2.07. The zero-order chi connectivity index (χ0) is 11.9. The number of rotatable bonds is 1. The van der Waals surface area contributed by atoms with Crippen molar-refractivity contribution in [1.29, 1.82) is 0 Å². The molecule has 3 nitrogen and oxygen atoms in total. The number of aryl methyl sites for hydroxylation is 1. The van der Waals surface area contributed by atoms with Crippen molar-refractivity contribution in [2.24, 2.45) is 0 Å². The van der Waals surface area contributed by atoms with Crippen molar-refractivity contribution in [2.45, 2.75) is 19.6 Å². The summed E-state index contributed by atoms with van der Waals surface area (Å²) >= 11 is 4.83. The highest BCUT2D eigenvalue weighted by Gasteiger charge is 2.29. The van der Waals surface area contributed by atoms with Crippen LogP contribution in [0.5, 0.6) is 0 Å². The molecule has 86 valence electrons. The van der Waals surface area contributed by atoms with E-state index in [0.717, 1.165) is 10.1 Å². The van der Waals surface area contributed by atoms with Gasteiger partial charge in [0, 0.05) is 6.20 Å². The number of pyridine rings is 1. The molecule has 0 aliphatic heterocycles. The summed E-state index contributed by atoms with van der Waals surface area (Å²) < 4.78 is 37.9. The highest BCUT2D eigenvalue weighted by atomic mass is 32.1. The molecule has 7 heteroatoms. The number of aromatic nitrogens is 3. The summed E-state index contributed by atoms with van der Waals surface area (Å²) in [5.74, 6) is 0. The minimum absolute atomic E-state index is 0.0328. The summed E-state index contributed by atoms with van der Waals surface area (Å²) in [5, 5.41) is 0. The molecule has 0 amide bonds. The molecule has 2 aromatic rings. The third-order valence-electron chi connectivity index (χ3n) is 2.08. The van der Waals surface area contributed by atoms with E-state index >= 15 is 0 Å². The van der Waals surface area contributed by atoms with Gasteiger partial charge >= 0.3 is 6.18 Å². The number of imidazole rings is 1. The van der Waals surface area contributed by atoms with Gasteiger partial charge in [-0.15, -0.1) is 0 Å². The summed E-state index contributed by atoms with van der Waals surface area (Å²) in [6.07, 6.45) is -2.79. The topological polar surface area (TPSA) is 33.6 Å². The van der Waals surface area contributed by atoms with Crippen molar-refractivity contribution in [1.82, 2.24) is 14.5 Å². The first-order chi connectivity index (χ1) is 7.37. The van der Waals surface area contributed by atoms with Crippen LogP contribution in [-0.2, 0) is 6.54 Å². The molecule has 2 rings (SSSR count). The Hall–Kier alpha value is -1.37. The van der Waals surface area contributed by atoms with Crippen LogP contribution in [0.2, 0.25) is 0 Å². The van der Waals surface area contributed by atoms with Gasteiger partial charge in [0.2, 0.25) is 0 Å². The van der Waals surface area contributed by atoms with E-state index in [1.54, 1.807) is 6.07 Å². The fourth-order valence-electron chi connectivity index (χ4n) is 1.47. The molecule has 2 heterocycles. The van der Waals surface area contributed by atoms with Crippen molar-refractivity contribution >= 4 is 23.4 Å². The first kappa shape index (κ1) is 11.1. The van der Waals surface area contributed by atoms with E-state index in [9.17, 15) is 13.2 Å². The molecule has 0 unspecified atom stereocenters. The monoisotopic (exact) mass is 247 g/mol. The Bertz CT molecular complexity index is 582.